The van der Waals surface area contributed by atoms with E-state index in [-0.39, 0.29) is 6.04 Å². The van der Waals surface area contributed by atoms with E-state index in [2.05, 4.69) is 19.2 Å². The molecule has 1 heterocycles. The molecule has 0 saturated carbocycles. The second-order valence-electron chi connectivity index (χ2n) is 4.18. The van der Waals surface area contributed by atoms with Gasteiger partial charge < -0.3 is 5.32 Å². The van der Waals surface area contributed by atoms with E-state index in [4.69, 9.17) is 16.6 Å². The SMILES string of the molecule is CCc1nc(C(NC)c2ccc(Cl)cc2)sc1C. The minimum absolute atomic E-state index is 0.145. The van der Waals surface area contributed by atoms with Crippen LogP contribution < -0.4 is 5.32 Å². The highest BCUT2D eigenvalue weighted by atomic mass is 35.5. The Morgan fingerprint density at radius 1 is 1.33 bits per heavy atom. The van der Waals surface area contributed by atoms with E-state index >= 15 is 0 Å². The fourth-order valence-electron chi connectivity index (χ4n) is 1.99. The second kappa shape index (κ2) is 5.83. The second-order valence-corrected chi connectivity index (χ2v) is 5.85. The molecule has 0 aliphatic heterocycles. The zero-order valence-electron chi connectivity index (χ0n) is 10.8. The van der Waals surface area contributed by atoms with Crippen LogP contribution in [-0.2, 0) is 6.42 Å². The van der Waals surface area contributed by atoms with Crippen LogP contribution in [-0.4, -0.2) is 12.0 Å². The number of aromatic nitrogens is 1. The molecule has 2 nitrogen and oxygen atoms in total. The summed E-state index contributed by atoms with van der Waals surface area (Å²) in [6.07, 6.45) is 0.986. The van der Waals surface area contributed by atoms with Crippen molar-refractivity contribution in [3.8, 4) is 0 Å². The van der Waals surface area contributed by atoms with Gasteiger partial charge in [-0.1, -0.05) is 30.7 Å². The molecule has 2 rings (SSSR count). The van der Waals surface area contributed by atoms with E-state index in [1.54, 1.807) is 11.3 Å². The van der Waals surface area contributed by atoms with Crippen molar-refractivity contribution >= 4 is 22.9 Å². The predicted octanol–water partition coefficient (Wildman–Crippen LogP) is 3.98. The van der Waals surface area contributed by atoms with E-state index in [0.29, 0.717) is 0 Å². The van der Waals surface area contributed by atoms with E-state index < -0.39 is 0 Å². The van der Waals surface area contributed by atoms with Gasteiger partial charge in [-0.25, -0.2) is 4.98 Å². The molecule has 96 valence electrons. The van der Waals surface area contributed by atoms with Crippen LogP contribution in [0.4, 0.5) is 0 Å². The van der Waals surface area contributed by atoms with Crippen molar-refractivity contribution in [1.29, 1.82) is 0 Å². The molecule has 2 aromatic rings. The molecule has 1 aromatic heterocycles. The molecule has 18 heavy (non-hydrogen) atoms. The molecule has 0 aliphatic rings. The molecule has 1 atom stereocenters. The van der Waals surface area contributed by atoms with E-state index in [9.17, 15) is 0 Å². The number of rotatable bonds is 4. The van der Waals surface area contributed by atoms with Crippen molar-refractivity contribution in [3.63, 3.8) is 0 Å². The fraction of sp³-hybridized carbons (Fsp3) is 0.357. The summed E-state index contributed by atoms with van der Waals surface area (Å²) in [4.78, 5) is 6.03. The summed E-state index contributed by atoms with van der Waals surface area (Å²) in [6, 6.07) is 8.08. The van der Waals surface area contributed by atoms with Gasteiger partial charge in [0.05, 0.1) is 11.7 Å². The summed E-state index contributed by atoms with van der Waals surface area (Å²) in [6.45, 7) is 4.27. The van der Waals surface area contributed by atoms with Gasteiger partial charge in [-0.2, -0.15) is 0 Å². The standard InChI is InChI=1S/C14H17ClN2S/c1-4-12-9(2)18-14(17-12)13(16-3)10-5-7-11(15)8-6-10/h5-8,13,16H,4H2,1-3H3. The summed E-state index contributed by atoms with van der Waals surface area (Å²) < 4.78 is 0. The number of nitrogens with one attached hydrogen (secondary N) is 1. The highest BCUT2D eigenvalue weighted by Crippen LogP contribution is 2.28. The Labute approximate surface area is 117 Å². The molecule has 0 saturated heterocycles. The molecule has 1 N–H and O–H groups in total. The van der Waals surface area contributed by atoms with Crippen LogP contribution in [0.25, 0.3) is 0 Å². The number of benzene rings is 1. The smallest absolute Gasteiger partial charge is 0.115 e. The van der Waals surface area contributed by atoms with Crippen LogP contribution in [0, 0.1) is 6.92 Å². The maximum atomic E-state index is 5.92. The minimum Gasteiger partial charge on any atom is -0.307 e. The number of hydrogen-bond acceptors (Lipinski definition) is 3. The fourth-order valence-corrected chi connectivity index (χ4v) is 3.26. The lowest BCUT2D eigenvalue weighted by Crippen LogP contribution is -2.17. The third kappa shape index (κ3) is 2.74. The van der Waals surface area contributed by atoms with Gasteiger partial charge in [-0.15, -0.1) is 11.3 Å². The largest absolute Gasteiger partial charge is 0.307 e. The predicted molar refractivity (Wildman–Crippen MR) is 78.6 cm³/mol. The van der Waals surface area contributed by atoms with Gasteiger partial charge >= 0.3 is 0 Å². The molecule has 1 unspecified atom stereocenters. The van der Waals surface area contributed by atoms with Crippen molar-refractivity contribution in [3.05, 3.63) is 50.4 Å². The molecule has 0 aliphatic carbocycles. The molecule has 1 aromatic carbocycles. The van der Waals surface area contributed by atoms with Crippen molar-refractivity contribution in [2.45, 2.75) is 26.3 Å². The van der Waals surface area contributed by atoms with Crippen LogP contribution >= 0.6 is 22.9 Å². The normalized spacial score (nSPS) is 12.7. The van der Waals surface area contributed by atoms with Crippen LogP contribution in [0.5, 0.6) is 0 Å². The Hall–Kier alpha value is -0.900. The zero-order chi connectivity index (χ0) is 13.1. The average Bonchev–Trinajstić information content (AvgIpc) is 2.74. The van der Waals surface area contributed by atoms with Crippen LogP contribution in [0.1, 0.15) is 34.1 Å². The van der Waals surface area contributed by atoms with Gasteiger partial charge in [0.25, 0.3) is 0 Å². The van der Waals surface area contributed by atoms with Gasteiger partial charge in [0.2, 0.25) is 0 Å². The monoisotopic (exact) mass is 280 g/mol. The zero-order valence-corrected chi connectivity index (χ0v) is 12.4. The lowest BCUT2D eigenvalue weighted by atomic mass is 10.1. The first-order valence-corrected chi connectivity index (χ1v) is 7.24. The maximum Gasteiger partial charge on any atom is 0.115 e. The Balaban J connectivity index is 2.35. The van der Waals surface area contributed by atoms with Crippen LogP contribution in [0.3, 0.4) is 0 Å². The average molecular weight is 281 g/mol. The summed E-state index contributed by atoms with van der Waals surface area (Å²) in [5, 5.41) is 5.21. The lowest BCUT2D eigenvalue weighted by molar-refractivity contribution is 0.683. The molecular formula is C14H17ClN2S. The number of aryl methyl sites for hydroxylation is 2. The Morgan fingerprint density at radius 3 is 2.50 bits per heavy atom. The third-order valence-corrected chi connectivity index (χ3v) is 4.31. The summed E-state index contributed by atoms with van der Waals surface area (Å²) in [5.74, 6) is 0. The van der Waals surface area contributed by atoms with Crippen molar-refractivity contribution in [2.24, 2.45) is 0 Å². The minimum atomic E-state index is 0.145. The topological polar surface area (TPSA) is 24.9 Å². The molecule has 4 heteroatoms. The molecule has 0 bridgehead atoms. The van der Waals surface area contributed by atoms with Crippen molar-refractivity contribution in [2.75, 3.05) is 7.05 Å². The number of nitrogens with zero attached hydrogens (tertiary/aromatic N) is 1. The summed E-state index contributed by atoms with van der Waals surface area (Å²) in [7, 11) is 1.96. The summed E-state index contributed by atoms with van der Waals surface area (Å²) >= 11 is 7.69. The third-order valence-electron chi connectivity index (χ3n) is 2.98. The maximum absolute atomic E-state index is 5.92. The van der Waals surface area contributed by atoms with Gasteiger partial charge in [-0.05, 0) is 38.1 Å². The molecule has 0 fully saturated rings. The van der Waals surface area contributed by atoms with Gasteiger partial charge in [0, 0.05) is 9.90 Å². The first-order valence-electron chi connectivity index (χ1n) is 6.04. The van der Waals surface area contributed by atoms with Gasteiger partial charge in [0.1, 0.15) is 5.01 Å². The number of hydrogen-bond donors (Lipinski definition) is 1. The molecular weight excluding hydrogens is 264 g/mol. The first-order chi connectivity index (χ1) is 8.65. The Kier molecular flexibility index (Phi) is 4.38. The van der Waals surface area contributed by atoms with E-state index in [1.165, 1.54) is 16.1 Å². The Bertz CT molecular complexity index is 519. The molecule has 0 spiro atoms. The van der Waals surface area contributed by atoms with Crippen molar-refractivity contribution < 1.29 is 0 Å². The first kappa shape index (κ1) is 13.5. The number of thiazole rings is 1. The number of halogens is 1. The van der Waals surface area contributed by atoms with Gasteiger partial charge in [-0.3, -0.25) is 0 Å². The van der Waals surface area contributed by atoms with Gasteiger partial charge in [0.15, 0.2) is 0 Å². The lowest BCUT2D eigenvalue weighted by Gasteiger charge is -2.13. The Morgan fingerprint density at radius 2 is 2.00 bits per heavy atom. The van der Waals surface area contributed by atoms with E-state index in [1.807, 2.05) is 31.3 Å². The van der Waals surface area contributed by atoms with Crippen molar-refractivity contribution in [1.82, 2.24) is 10.3 Å². The summed E-state index contributed by atoms with van der Waals surface area (Å²) in [5.41, 5.74) is 2.39. The van der Waals surface area contributed by atoms with Crippen LogP contribution in [0.2, 0.25) is 5.02 Å². The molecule has 0 radical (unpaired) electrons. The highest BCUT2D eigenvalue weighted by Gasteiger charge is 2.17. The molecule has 0 amide bonds. The van der Waals surface area contributed by atoms with E-state index in [0.717, 1.165) is 16.5 Å². The highest BCUT2D eigenvalue weighted by molar-refractivity contribution is 7.11. The quantitative estimate of drug-likeness (QED) is 0.916. The van der Waals surface area contributed by atoms with Crippen LogP contribution in [0.15, 0.2) is 24.3 Å².